The molecule has 2 amide bonds. The van der Waals surface area contributed by atoms with E-state index in [-0.39, 0.29) is 23.0 Å². The van der Waals surface area contributed by atoms with E-state index < -0.39 is 11.7 Å². The minimum absolute atomic E-state index is 0.0176. The van der Waals surface area contributed by atoms with Gasteiger partial charge in [0.25, 0.3) is 5.91 Å². The van der Waals surface area contributed by atoms with Crippen molar-refractivity contribution in [2.75, 3.05) is 26.0 Å². The Kier molecular flexibility index (Phi) is 6.37. The van der Waals surface area contributed by atoms with Crippen LogP contribution < -0.4 is 11.1 Å². The van der Waals surface area contributed by atoms with E-state index in [0.29, 0.717) is 28.9 Å². The predicted molar refractivity (Wildman–Crippen MR) is 111 cm³/mol. The Labute approximate surface area is 174 Å². The zero-order valence-corrected chi connectivity index (χ0v) is 17.2. The number of halogens is 2. The van der Waals surface area contributed by atoms with Crippen molar-refractivity contribution in [3.05, 3.63) is 46.9 Å². The second kappa shape index (κ2) is 8.78. The first-order valence-electron chi connectivity index (χ1n) is 9.47. The van der Waals surface area contributed by atoms with Crippen molar-refractivity contribution >= 4 is 29.2 Å². The number of nitrogens with zero attached hydrogens (tertiary/aromatic N) is 2. The standard InChI is InChI=1S/C21H24ClFN4O2/c1-27(2)21(29)15-5-3-4-14(19(15)23)16-11-26-18(9-17(16)22)25-10-12-6-7-13(8-12)20(24)28/h3-5,9,11-13H,6-8,10H2,1-2H3,(H2,24,28)(H,25,26). The summed E-state index contributed by atoms with van der Waals surface area (Å²) >= 11 is 6.39. The molecule has 1 fully saturated rings. The molecule has 0 aliphatic heterocycles. The van der Waals surface area contributed by atoms with Gasteiger partial charge in [-0.05, 0) is 37.3 Å². The van der Waals surface area contributed by atoms with Gasteiger partial charge in [-0.2, -0.15) is 0 Å². The number of rotatable bonds is 6. The molecule has 0 radical (unpaired) electrons. The van der Waals surface area contributed by atoms with Crippen LogP contribution in [0.3, 0.4) is 0 Å². The quantitative estimate of drug-likeness (QED) is 0.750. The third-order valence-electron chi connectivity index (χ3n) is 5.29. The third-order valence-corrected chi connectivity index (χ3v) is 5.61. The SMILES string of the molecule is CN(C)C(=O)c1cccc(-c2cnc(NCC3CCC(C(N)=O)C3)cc2Cl)c1F. The fourth-order valence-electron chi connectivity index (χ4n) is 3.64. The number of aromatic nitrogens is 1. The van der Waals surface area contributed by atoms with E-state index in [1.165, 1.54) is 17.2 Å². The molecule has 0 bridgehead atoms. The van der Waals surface area contributed by atoms with Crippen LogP contribution in [-0.4, -0.2) is 42.3 Å². The first-order chi connectivity index (χ1) is 13.8. The minimum Gasteiger partial charge on any atom is -0.370 e. The van der Waals surface area contributed by atoms with E-state index in [1.54, 1.807) is 32.3 Å². The number of carbonyl (C=O) groups excluding carboxylic acids is 2. The van der Waals surface area contributed by atoms with Gasteiger partial charge < -0.3 is 16.0 Å². The monoisotopic (exact) mass is 418 g/mol. The number of benzene rings is 1. The number of carbonyl (C=O) groups is 2. The summed E-state index contributed by atoms with van der Waals surface area (Å²) in [6.07, 6.45) is 4.01. The molecule has 8 heteroatoms. The maximum absolute atomic E-state index is 14.9. The second-order valence-corrected chi connectivity index (χ2v) is 7.98. The first-order valence-corrected chi connectivity index (χ1v) is 9.85. The molecule has 2 atom stereocenters. The number of anilines is 1. The predicted octanol–water partition coefficient (Wildman–Crippen LogP) is 3.56. The summed E-state index contributed by atoms with van der Waals surface area (Å²) in [6, 6.07) is 6.27. The van der Waals surface area contributed by atoms with Gasteiger partial charge in [0.15, 0.2) is 0 Å². The zero-order valence-electron chi connectivity index (χ0n) is 16.4. The van der Waals surface area contributed by atoms with Gasteiger partial charge in [0, 0.05) is 43.9 Å². The molecule has 1 aromatic carbocycles. The molecule has 1 saturated carbocycles. The highest BCUT2D eigenvalue weighted by Crippen LogP contribution is 2.33. The number of nitrogens with two attached hydrogens (primary N) is 1. The summed E-state index contributed by atoms with van der Waals surface area (Å²) in [4.78, 5) is 29.1. The molecule has 154 valence electrons. The number of pyridine rings is 1. The fraction of sp³-hybridized carbons (Fsp3) is 0.381. The molecule has 29 heavy (non-hydrogen) atoms. The molecule has 1 aromatic heterocycles. The smallest absolute Gasteiger partial charge is 0.256 e. The summed E-state index contributed by atoms with van der Waals surface area (Å²) in [7, 11) is 3.14. The van der Waals surface area contributed by atoms with Gasteiger partial charge in [-0.25, -0.2) is 9.37 Å². The van der Waals surface area contributed by atoms with E-state index in [1.807, 2.05) is 0 Å². The van der Waals surface area contributed by atoms with Crippen molar-refractivity contribution in [2.24, 2.45) is 17.6 Å². The number of amides is 2. The molecule has 0 spiro atoms. The van der Waals surface area contributed by atoms with Crippen LogP contribution in [0.1, 0.15) is 29.6 Å². The molecule has 2 unspecified atom stereocenters. The lowest BCUT2D eigenvalue weighted by molar-refractivity contribution is -0.121. The highest BCUT2D eigenvalue weighted by atomic mass is 35.5. The minimum atomic E-state index is -0.626. The molecule has 1 heterocycles. The van der Waals surface area contributed by atoms with Crippen LogP contribution in [0.2, 0.25) is 5.02 Å². The summed E-state index contributed by atoms with van der Waals surface area (Å²) in [6.45, 7) is 0.660. The van der Waals surface area contributed by atoms with E-state index >= 15 is 0 Å². The highest BCUT2D eigenvalue weighted by molar-refractivity contribution is 6.33. The molecule has 3 rings (SSSR count). The largest absolute Gasteiger partial charge is 0.370 e. The van der Waals surface area contributed by atoms with E-state index in [4.69, 9.17) is 17.3 Å². The number of hydrogen-bond donors (Lipinski definition) is 2. The number of nitrogens with one attached hydrogen (secondary N) is 1. The average molecular weight is 419 g/mol. The van der Waals surface area contributed by atoms with Crippen LogP contribution in [0.15, 0.2) is 30.5 Å². The van der Waals surface area contributed by atoms with E-state index in [0.717, 1.165) is 19.3 Å². The summed E-state index contributed by atoms with van der Waals surface area (Å²) in [5, 5.41) is 3.55. The molecule has 3 N–H and O–H groups in total. The van der Waals surface area contributed by atoms with Gasteiger partial charge in [-0.3, -0.25) is 9.59 Å². The van der Waals surface area contributed by atoms with Crippen LogP contribution >= 0.6 is 11.6 Å². The summed E-state index contributed by atoms with van der Waals surface area (Å²) < 4.78 is 14.9. The highest BCUT2D eigenvalue weighted by Gasteiger charge is 2.28. The van der Waals surface area contributed by atoms with Crippen LogP contribution in [-0.2, 0) is 4.79 Å². The first kappa shape index (κ1) is 21.0. The molecule has 6 nitrogen and oxygen atoms in total. The molecular weight excluding hydrogens is 395 g/mol. The third kappa shape index (κ3) is 4.67. The van der Waals surface area contributed by atoms with E-state index in [9.17, 15) is 14.0 Å². The number of primary amides is 1. The van der Waals surface area contributed by atoms with Gasteiger partial charge in [-0.1, -0.05) is 23.7 Å². The normalized spacial score (nSPS) is 18.5. The number of hydrogen-bond acceptors (Lipinski definition) is 4. The van der Waals surface area contributed by atoms with Gasteiger partial charge in [0.05, 0.1) is 10.6 Å². The van der Waals surface area contributed by atoms with Crippen LogP contribution in [0.4, 0.5) is 10.2 Å². The Balaban J connectivity index is 1.74. The Morgan fingerprint density at radius 1 is 1.31 bits per heavy atom. The lowest BCUT2D eigenvalue weighted by Crippen LogP contribution is -2.23. The zero-order chi connectivity index (χ0) is 21.1. The molecule has 2 aromatic rings. The fourth-order valence-corrected chi connectivity index (χ4v) is 3.89. The van der Waals surface area contributed by atoms with Crippen molar-refractivity contribution < 1.29 is 14.0 Å². The molecule has 0 saturated heterocycles. The maximum atomic E-state index is 14.9. The van der Waals surface area contributed by atoms with Crippen LogP contribution in [0.25, 0.3) is 11.1 Å². The van der Waals surface area contributed by atoms with Crippen molar-refractivity contribution in [2.45, 2.75) is 19.3 Å². The van der Waals surface area contributed by atoms with Crippen molar-refractivity contribution in [3.63, 3.8) is 0 Å². The van der Waals surface area contributed by atoms with Gasteiger partial charge in [0.1, 0.15) is 11.6 Å². The lowest BCUT2D eigenvalue weighted by Gasteiger charge is -2.15. The molecule has 1 aliphatic carbocycles. The molecule has 1 aliphatic rings. The summed E-state index contributed by atoms with van der Waals surface area (Å²) in [5.41, 5.74) is 5.99. The van der Waals surface area contributed by atoms with Gasteiger partial charge >= 0.3 is 0 Å². The topological polar surface area (TPSA) is 88.3 Å². The van der Waals surface area contributed by atoms with Crippen molar-refractivity contribution in [1.29, 1.82) is 0 Å². The summed E-state index contributed by atoms with van der Waals surface area (Å²) in [5.74, 6) is -0.423. The van der Waals surface area contributed by atoms with Crippen LogP contribution in [0, 0.1) is 17.7 Å². The molecular formula is C21H24ClFN4O2. The van der Waals surface area contributed by atoms with Gasteiger partial charge in [-0.15, -0.1) is 0 Å². The van der Waals surface area contributed by atoms with E-state index in [2.05, 4.69) is 10.3 Å². The Bertz CT molecular complexity index is 935. The van der Waals surface area contributed by atoms with Crippen molar-refractivity contribution in [1.82, 2.24) is 9.88 Å². The Morgan fingerprint density at radius 3 is 2.69 bits per heavy atom. The Morgan fingerprint density at radius 2 is 2.07 bits per heavy atom. The average Bonchev–Trinajstić information content (AvgIpc) is 3.16. The van der Waals surface area contributed by atoms with Gasteiger partial charge in [0.2, 0.25) is 5.91 Å². The maximum Gasteiger partial charge on any atom is 0.256 e. The lowest BCUT2D eigenvalue weighted by atomic mass is 10.0. The van der Waals surface area contributed by atoms with Crippen molar-refractivity contribution in [3.8, 4) is 11.1 Å². The Hall–Kier alpha value is -2.67. The van der Waals surface area contributed by atoms with Crippen LogP contribution in [0.5, 0.6) is 0 Å². The second-order valence-electron chi connectivity index (χ2n) is 7.58.